The van der Waals surface area contributed by atoms with E-state index in [1.807, 2.05) is 23.9 Å². The van der Waals surface area contributed by atoms with Crippen LogP contribution in [-0.4, -0.2) is 30.6 Å². The largest absolute Gasteiger partial charge is 0.370 e. The predicted octanol–water partition coefficient (Wildman–Crippen LogP) is 4.35. The Labute approximate surface area is 177 Å². The van der Waals surface area contributed by atoms with Crippen molar-refractivity contribution in [1.82, 2.24) is 0 Å². The molecule has 0 amide bonds. The van der Waals surface area contributed by atoms with Gasteiger partial charge < -0.3 is 16.0 Å². The van der Waals surface area contributed by atoms with Crippen molar-refractivity contribution in [2.45, 2.75) is 19.9 Å². The zero-order valence-electron chi connectivity index (χ0n) is 15.1. The van der Waals surface area contributed by atoms with E-state index in [0.717, 1.165) is 25.2 Å². The average molecular weight is 482 g/mol. The molecule has 0 atom stereocenters. The van der Waals surface area contributed by atoms with Gasteiger partial charge in [0.2, 0.25) is 0 Å². The van der Waals surface area contributed by atoms with Gasteiger partial charge in [0.15, 0.2) is 5.96 Å². The van der Waals surface area contributed by atoms with Crippen LogP contribution in [0.3, 0.4) is 0 Å². The van der Waals surface area contributed by atoms with Gasteiger partial charge >= 0.3 is 0 Å². The second-order valence-electron chi connectivity index (χ2n) is 6.15. The van der Waals surface area contributed by atoms with Crippen molar-refractivity contribution in [1.29, 1.82) is 0 Å². The number of hydrogen-bond donors (Lipinski definition) is 2. The average Bonchev–Trinajstić information content (AvgIpc) is 2.67. The molecule has 0 aliphatic carbocycles. The van der Waals surface area contributed by atoms with E-state index >= 15 is 0 Å². The summed E-state index contributed by atoms with van der Waals surface area (Å²) in [4.78, 5) is 6.90. The topological polar surface area (TPSA) is 53.6 Å². The number of hydrogen-bond acceptors (Lipinski definition) is 3. The number of nitrogens with two attached hydrogens (primary N) is 1. The van der Waals surface area contributed by atoms with Crippen LogP contribution >= 0.6 is 35.7 Å². The van der Waals surface area contributed by atoms with Crippen LogP contribution in [-0.2, 0) is 13.0 Å². The zero-order valence-corrected chi connectivity index (χ0v) is 18.3. The van der Waals surface area contributed by atoms with E-state index < -0.39 is 0 Å². The highest BCUT2D eigenvalue weighted by atomic mass is 127. The summed E-state index contributed by atoms with van der Waals surface area (Å²) in [5.74, 6) is 2.88. The Morgan fingerprint density at radius 3 is 2.54 bits per heavy atom. The fourth-order valence-electron chi connectivity index (χ4n) is 2.87. The molecular formula is C20H27IN4S. The number of aliphatic imine (C=N–C) groups is 1. The molecule has 0 bridgehead atoms. The fraction of sp³-hybridized carbons (Fsp3) is 0.350. The molecule has 1 fully saturated rings. The number of nitrogens with zero attached hydrogens (tertiary/aromatic N) is 2. The maximum Gasteiger partial charge on any atom is 0.193 e. The molecule has 0 aromatic heterocycles. The Balaban J connectivity index is 0.00000243. The van der Waals surface area contributed by atoms with Crippen molar-refractivity contribution in [2.75, 3.05) is 34.8 Å². The van der Waals surface area contributed by atoms with Crippen LogP contribution in [0.15, 0.2) is 53.5 Å². The van der Waals surface area contributed by atoms with Crippen molar-refractivity contribution >= 4 is 53.1 Å². The number of aryl methyl sites for hydroxylation is 1. The summed E-state index contributed by atoms with van der Waals surface area (Å²) in [6.45, 7) is 5.00. The molecule has 3 rings (SSSR count). The molecule has 140 valence electrons. The minimum absolute atomic E-state index is 0. The minimum atomic E-state index is 0. The van der Waals surface area contributed by atoms with Crippen molar-refractivity contribution in [3.63, 3.8) is 0 Å². The molecule has 0 saturated carbocycles. The van der Waals surface area contributed by atoms with Gasteiger partial charge in [0, 0.05) is 36.0 Å². The van der Waals surface area contributed by atoms with Crippen LogP contribution in [0.5, 0.6) is 0 Å². The summed E-state index contributed by atoms with van der Waals surface area (Å²) in [5.41, 5.74) is 10.8. The van der Waals surface area contributed by atoms with Crippen LogP contribution in [0.4, 0.5) is 11.4 Å². The molecule has 1 aliphatic heterocycles. The van der Waals surface area contributed by atoms with E-state index in [0.29, 0.717) is 12.5 Å². The number of nitrogens with one attached hydrogen (secondary N) is 1. The van der Waals surface area contributed by atoms with Crippen molar-refractivity contribution in [3.8, 4) is 0 Å². The Morgan fingerprint density at radius 2 is 1.85 bits per heavy atom. The van der Waals surface area contributed by atoms with E-state index in [4.69, 9.17) is 5.73 Å². The summed E-state index contributed by atoms with van der Waals surface area (Å²) in [7, 11) is 0. The molecular weight excluding hydrogens is 455 g/mol. The Hall–Kier alpha value is -1.41. The monoisotopic (exact) mass is 482 g/mol. The van der Waals surface area contributed by atoms with Gasteiger partial charge in [-0.25, -0.2) is 4.99 Å². The summed E-state index contributed by atoms with van der Waals surface area (Å²) in [6, 6.07) is 16.9. The van der Waals surface area contributed by atoms with Crippen molar-refractivity contribution in [3.05, 3.63) is 59.7 Å². The van der Waals surface area contributed by atoms with Crippen LogP contribution in [0.2, 0.25) is 0 Å². The summed E-state index contributed by atoms with van der Waals surface area (Å²) >= 11 is 2.03. The van der Waals surface area contributed by atoms with Crippen molar-refractivity contribution < 1.29 is 0 Å². The van der Waals surface area contributed by atoms with Crippen LogP contribution < -0.4 is 16.0 Å². The molecule has 26 heavy (non-hydrogen) atoms. The Bertz CT molecular complexity index is 712. The smallest absolute Gasteiger partial charge is 0.193 e. The molecule has 0 unspecified atom stereocenters. The Morgan fingerprint density at radius 1 is 1.12 bits per heavy atom. The second-order valence-corrected chi connectivity index (χ2v) is 7.37. The van der Waals surface area contributed by atoms with E-state index in [-0.39, 0.29) is 24.0 Å². The molecule has 1 aliphatic rings. The lowest BCUT2D eigenvalue weighted by Gasteiger charge is -2.28. The van der Waals surface area contributed by atoms with Gasteiger partial charge in [0.1, 0.15) is 0 Å². The van der Waals surface area contributed by atoms with Gasteiger partial charge in [0.05, 0.1) is 6.54 Å². The van der Waals surface area contributed by atoms with Gasteiger partial charge in [0.25, 0.3) is 0 Å². The number of thioether (sulfide) groups is 1. The zero-order chi connectivity index (χ0) is 17.5. The number of benzene rings is 2. The molecule has 0 spiro atoms. The quantitative estimate of drug-likeness (QED) is 0.378. The number of anilines is 2. The molecule has 4 nitrogen and oxygen atoms in total. The highest BCUT2D eigenvalue weighted by Gasteiger charge is 2.10. The molecule has 0 radical (unpaired) electrons. The second kappa shape index (κ2) is 10.7. The Kier molecular flexibility index (Phi) is 8.58. The molecule has 1 saturated heterocycles. The lowest BCUT2D eigenvalue weighted by Crippen LogP contribution is -2.32. The number of halogens is 1. The molecule has 6 heteroatoms. The molecule has 1 heterocycles. The predicted molar refractivity (Wildman–Crippen MR) is 126 cm³/mol. The van der Waals surface area contributed by atoms with Crippen molar-refractivity contribution in [2.24, 2.45) is 10.7 Å². The maximum atomic E-state index is 6.02. The highest BCUT2D eigenvalue weighted by Crippen LogP contribution is 2.20. The van der Waals surface area contributed by atoms with E-state index in [9.17, 15) is 0 Å². The fourth-order valence-corrected chi connectivity index (χ4v) is 3.77. The van der Waals surface area contributed by atoms with Gasteiger partial charge in [-0.05, 0) is 41.8 Å². The lowest BCUT2D eigenvalue weighted by atomic mass is 10.1. The normalized spacial score (nSPS) is 14.7. The van der Waals surface area contributed by atoms with Gasteiger partial charge in [-0.1, -0.05) is 31.2 Å². The first-order chi connectivity index (χ1) is 12.2. The summed E-state index contributed by atoms with van der Waals surface area (Å²) < 4.78 is 0. The number of rotatable bonds is 5. The lowest BCUT2D eigenvalue weighted by molar-refractivity contribution is 0.858. The summed E-state index contributed by atoms with van der Waals surface area (Å²) in [5, 5.41) is 3.17. The molecule has 2 aromatic rings. The summed E-state index contributed by atoms with van der Waals surface area (Å²) in [6.07, 6.45) is 1.01. The first-order valence-corrected chi connectivity index (χ1v) is 9.97. The standard InChI is InChI=1S/C20H26N4S.HI/c1-2-16-4-3-5-18(14-16)23-20(21)22-15-17-6-8-19(9-7-17)24-10-12-25-13-11-24;/h3-9,14H,2,10-13,15H2,1H3,(H3,21,22,23);1H. The van der Waals surface area contributed by atoms with E-state index in [1.54, 1.807) is 0 Å². The van der Waals surface area contributed by atoms with Crippen LogP contribution in [0.1, 0.15) is 18.1 Å². The first kappa shape index (κ1) is 20.9. The SMILES string of the molecule is CCc1cccc(NC(N)=NCc2ccc(N3CCSCC3)cc2)c1.I. The third-order valence-electron chi connectivity index (χ3n) is 4.35. The maximum absolute atomic E-state index is 6.02. The molecule has 3 N–H and O–H groups in total. The first-order valence-electron chi connectivity index (χ1n) is 8.82. The number of guanidine groups is 1. The van der Waals surface area contributed by atoms with Gasteiger partial charge in [-0.3, -0.25) is 0 Å². The van der Waals surface area contributed by atoms with E-state index in [2.05, 4.69) is 58.5 Å². The van der Waals surface area contributed by atoms with Gasteiger partial charge in [-0.2, -0.15) is 11.8 Å². The molecule has 2 aromatic carbocycles. The minimum Gasteiger partial charge on any atom is -0.370 e. The van der Waals surface area contributed by atoms with Gasteiger partial charge in [-0.15, -0.1) is 24.0 Å². The van der Waals surface area contributed by atoms with Crippen LogP contribution in [0.25, 0.3) is 0 Å². The third kappa shape index (κ3) is 6.09. The third-order valence-corrected chi connectivity index (χ3v) is 5.29. The highest BCUT2D eigenvalue weighted by molar-refractivity contribution is 14.0. The van der Waals surface area contributed by atoms with Crippen LogP contribution in [0, 0.1) is 0 Å². The van der Waals surface area contributed by atoms with E-state index in [1.165, 1.54) is 28.3 Å².